The van der Waals surface area contributed by atoms with Gasteiger partial charge >= 0.3 is 0 Å². The van der Waals surface area contributed by atoms with Crippen molar-refractivity contribution < 1.29 is 9.47 Å². The molecule has 1 aromatic rings. The van der Waals surface area contributed by atoms with Crippen molar-refractivity contribution in [1.82, 2.24) is 5.32 Å². The average Bonchev–Trinajstić information content (AvgIpc) is 2.33. The van der Waals surface area contributed by atoms with Crippen molar-refractivity contribution >= 4 is 11.6 Å². The van der Waals surface area contributed by atoms with Crippen LogP contribution in [0.1, 0.15) is 16.7 Å². The molecular formula is C15H22ClNO2. The lowest BCUT2D eigenvalue weighted by molar-refractivity contribution is 0.199. The number of ether oxygens (including phenoxy) is 2. The molecule has 106 valence electrons. The van der Waals surface area contributed by atoms with Crippen molar-refractivity contribution in [2.24, 2.45) is 0 Å². The van der Waals surface area contributed by atoms with Crippen LogP contribution < -0.4 is 10.1 Å². The molecule has 0 bridgehead atoms. The van der Waals surface area contributed by atoms with E-state index in [4.69, 9.17) is 21.1 Å². The normalized spacial score (nSPS) is 10.5. The number of hydrogen-bond donors (Lipinski definition) is 1. The van der Waals surface area contributed by atoms with Crippen LogP contribution in [0.2, 0.25) is 0 Å². The van der Waals surface area contributed by atoms with Gasteiger partial charge in [0, 0.05) is 25.2 Å². The minimum absolute atomic E-state index is 0.342. The summed E-state index contributed by atoms with van der Waals surface area (Å²) < 4.78 is 10.7. The van der Waals surface area contributed by atoms with Crippen molar-refractivity contribution in [3.05, 3.63) is 40.4 Å². The van der Waals surface area contributed by atoms with Crippen LogP contribution >= 0.6 is 11.6 Å². The van der Waals surface area contributed by atoms with Crippen molar-refractivity contribution in [3.8, 4) is 5.75 Å². The molecule has 0 unspecified atom stereocenters. The van der Waals surface area contributed by atoms with E-state index in [0.717, 1.165) is 36.6 Å². The lowest BCUT2D eigenvalue weighted by Gasteiger charge is -2.14. The summed E-state index contributed by atoms with van der Waals surface area (Å²) in [6.07, 6.45) is 0. The van der Waals surface area contributed by atoms with Gasteiger partial charge in [-0.05, 0) is 30.5 Å². The van der Waals surface area contributed by atoms with Gasteiger partial charge in [-0.2, -0.15) is 0 Å². The maximum atomic E-state index is 5.72. The summed E-state index contributed by atoms with van der Waals surface area (Å²) in [5, 5.41) is 3.83. The van der Waals surface area contributed by atoms with Crippen molar-refractivity contribution in [2.75, 3.05) is 26.9 Å². The van der Waals surface area contributed by atoms with Crippen LogP contribution in [0.15, 0.2) is 23.7 Å². The van der Waals surface area contributed by atoms with Crippen LogP contribution in [0.25, 0.3) is 0 Å². The van der Waals surface area contributed by atoms with Gasteiger partial charge in [-0.1, -0.05) is 30.3 Å². The molecule has 0 amide bonds. The van der Waals surface area contributed by atoms with Gasteiger partial charge in [-0.3, -0.25) is 0 Å². The van der Waals surface area contributed by atoms with E-state index >= 15 is 0 Å². The van der Waals surface area contributed by atoms with E-state index in [0.29, 0.717) is 11.6 Å². The Morgan fingerprint density at radius 1 is 1.32 bits per heavy atom. The third kappa shape index (κ3) is 5.64. The van der Waals surface area contributed by atoms with Crippen LogP contribution in [0.4, 0.5) is 0 Å². The number of hydrogen-bond acceptors (Lipinski definition) is 3. The van der Waals surface area contributed by atoms with E-state index in [-0.39, 0.29) is 0 Å². The first-order valence-electron chi connectivity index (χ1n) is 6.30. The fourth-order valence-corrected chi connectivity index (χ4v) is 1.98. The molecule has 0 aliphatic heterocycles. The molecule has 1 aromatic carbocycles. The number of methoxy groups -OCH3 is 1. The van der Waals surface area contributed by atoms with Gasteiger partial charge in [-0.15, -0.1) is 0 Å². The summed E-state index contributed by atoms with van der Waals surface area (Å²) >= 11 is 5.72. The van der Waals surface area contributed by atoms with Gasteiger partial charge in [0.1, 0.15) is 12.4 Å². The van der Waals surface area contributed by atoms with Gasteiger partial charge in [0.2, 0.25) is 0 Å². The highest BCUT2D eigenvalue weighted by Crippen LogP contribution is 2.25. The zero-order valence-electron chi connectivity index (χ0n) is 11.9. The molecule has 0 saturated heterocycles. The molecule has 3 nitrogen and oxygen atoms in total. The van der Waals surface area contributed by atoms with Crippen LogP contribution in [0.5, 0.6) is 5.75 Å². The molecule has 0 fully saturated rings. The third-order valence-electron chi connectivity index (χ3n) is 2.71. The smallest absolute Gasteiger partial charge is 0.125 e. The molecule has 0 aliphatic rings. The largest absolute Gasteiger partial charge is 0.487 e. The molecule has 1 N–H and O–H groups in total. The third-order valence-corrected chi connectivity index (χ3v) is 2.81. The van der Waals surface area contributed by atoms with Crippen LogP contribution in [0.3, 0.4) is 0 Å². The monoisotopic (exact) mass is 283 g/mol. The van der Waals surface area contributed by atoms with Gasteiger partial charge < -0.3 is 14.8 Å². The molecule has 0 aliphatic carbocycles. The van der Waals surface area contributed by atoms with Crippen molar-refractivity contribution in [2.45, 2.75) is 20.4 Å². The molecule has 0 aromatic heterocycles. The summed E-state index contributed by atoms with van der Waals surface area (Å²) in [5.41, 5.74) is 3.46. The van der Waals surface area contributed by atoms with Gasteiger partial charge in [0.25, 0.3) is 0 Å². The van der Waals surface area contributed by atoms with Crippen molar-refractivity contribution in [3.63, 3.8) is 0 Å². The van der Waals surface area contributed by atoms with E-state index in [1.54, 1.807) is 7.11 Å². The highest BCUT2D eigenvalue weighted by atomic mass is 35.5. The second kappa shape index (κ2) is 8.20. The van der Waals surface area contributed by atoms with E-state index < -0.39 is 0 Å². The Balaban J connectivity index is 2.65. The van der Waals surface area contributed by atoms with E-state index in [1.807, 2.05) is 13.8 Å². The van der Waals surface area contributed by atoms with Crippen LogP contribution in [-0.2, 0) is 11.3 Å². The molecule has 4 heteroatoms. The molecular weight excluding hydrogens is 262 g/mol. The lowest BCUT2D eigenvalue weighted by Crippen LogP contribution is -2.18. The minimum Gasteiger partial charge on any atom is -0.487 e. The zero-order valence-corrected chi connectivity index (χ0v) is 12.6. The standard InChI is InChI=1S/C15H22ClNO2/c1-11-7-14(9-17-5-6-18-4)8-12(2)15(11)19-10-13(3)16/h7-8,17H,3,5-6,9-10H2,1-2,4H3. The topological polar surface area (TPSA) is 30.5 Å². The SMILES string of the molecule is C=C(Cl)COc1c(C)cc(CNCCOC)cc1C. The van der Waals surface area contributed by atoms with E-state index in [9.17, 15) is 0 Å². The second-order valence-electron chi connectivity index (χ2n) is 4.53. The van der Waals surface area contributed by atoms with Gasteiger partial charge in [0.15, 0.2) is 0 Å². The van der Waals surface area contributed by atoms with E-state index in [2.05, 4.69) is 24.0 Å². The molecule has 0 atom stereocenters. The summed E-state index contributed by atoms with van der Waals surface area (Å²) in [5.74, 6) is 0.891. The Morgan fingerprint density at radius 2 is 1.95 bits per heavy atom. The summed E-state index contributed by atoms with van der Waals surface area (Å²) in [7, 11) is 1.70. The first kappa shape index (κ1) is 16.0. The Morgan fingerprint density at radius 3 is 2.47 bits per heavy atom. The predicted octanol–water partition coefficient (Wildman–Crippen LogP) is 3.17. The minimum atomic E-state index is 0.342. The fraction of sp³-hybridized carbons (Fsp3) is 0.467. The number of halogens is 1. The molecule has 0 heterocycles. The number of benzene rings is 1. The average molecular weight is 284 g/mol. The Kier molecular flexibility index (Phi) is 6.92. The molecule has 19 heavy (non-hydrogen) atoms. The summed E-state index contributed by atoms with van der Waals surface area (Å²) in [6.45, 7) is 10.4. The first-order valence-corrected chi connectivity index (χ1v) is 6.68. The van der Waals surface area contributed by atoms with Crippen LogP contribution in [-0.4, -0.2) is 26.9 Å². The summed E-state index contributed by atoms with van der Waals surface area (Å²) in [6, 6.07) is 4.25. The second-order valence-corrected chi connectivity index (χ2v) is 5.07. The quantitative estimate of drug-likeness (QED) is 0.744. The Bertz CT molecular complexity index is 409. The number of rotatable bonds is 8. The Labute approximate surface area is 120 Å². The molecule has 0 radical (unpaired) electrons. The molecule has 0 spiro atoms. The maximum Gasteiger partial charge on any atom is 0.125 e. The molecule has 1 rings (SSSR count). The number of aryl methyl sites for hydroxylation is 2. The van der Waals surface area contributed by atoms with Crippen molar-refractivity contribution in [1.29, 1.82) is 0 Å². The Hall–Kier alpha value is -1.03. The molecule has 0 saturated carbocycles. The fourth-order valence-electron chi connectivity index (χ4n) is 1.93. The lowest BCUT2D eigenvalue weighted by atomic mass is 10.1. The van der Waals surface area contributed by atoms with Crippen LogP contribution in [0, 0.1) is 13.8 Å². The maximum absolute atomic E-state index is 5.72. The summed E-state index contributed by atoms with van der Waals surface area (Å²) in [4.78, 5) is 0. The first-order chi connectivity index (χ1) is 9.04. The van der Waals surface area contributed by atoms with Gasteiger partial charge in [0.05, 0.1) is 6.61 Å². The predicted molar refractivity (Wildman–Crippen MR) is 80.0 cm³/mol. The van der Waals surface area contributed by atoms with E-state index in [1.165, 1.54) is 5.56 Å². The zero-order chi connectivity index (χ0) is 14.3. The highest BCUT2D eigenvalue weighted by molar-refractivity contribution is 6.29. The highest BCUT2D eigenvalue weighted by Gasteiger charge is 2.06. The van der Waals surface area contributed by atoms with Gasteiger partial charge in [-0.25, -0.2) is 0 Å². The number of nitrogens with one attached hydrogen (secondary N) is 1.